The van der Waals surface area contributed by atoms with Crippen LogP contribution in [0.3, 0.4) is 0 Å². The van der Waals surface area contributed by atoms with Crippen LogP contribution >= 0.6 is 0 Å². The molecule has 0 saturated heterocycles. The summed E-state index contributed by atoms with van der Waals surface area (Å²) >= 11 is 0. The molecule has 1 aromatic heterocycles. The van der Waals surface area contributed by atoms with Gasteiger partial charge in [-0.2, -0.15) is 0 Å². The Morgan fingerprint density at radius 2 is 0.976 bits per heavy atom. The van der Waals surface area contributed by atoms with E-state index in [2.05, 4.69) is 72.6 Å². The number of benzene rings is 4. The Balaban J connectivity index is 1.26. The molecule has 0 radical (unpaired) electrons. The number of aromatic amines is 1. The highest BCUT2D eigenvalue weighted by atomic mass is 16.5. The topological polar surface area (TPSA) is 61.9 Å². The summed E-state index contributed by atoms with van der Waals surface area (Å²) in [5.74, 6) is 1.69. The number of ether oxygens (including phenoxy) is 5. The lowest BCUT2D eigenvalue weighted by molar-refractivity contribution is 0.0544. The monoisotopic (exact) mass is 553 g/mol. The zero-order chi connectivity index (χ0) is 28.3. The molecule has 0 spiro atoms. The minimum absolute atomic E-state index is 0.510. The van der Waals surface area contributed by atoms with Gasteiger partial charge in [-0.25, -0.2) is 0 Å². The number of aromatic nitrogens is 1. The fourth-order valence-electron chi connectivity index (χ4n) is 4.77. The van der Waals surface area contributed by atoms with Crippen LogP contribution in [0.4, 0.5) is 0 Å². The lowest BCUT2D eigenvalue weighted by atomic mass is 10.00. The zero-order valence-corrected chi connectivity index (χ0v) is 24.0. The summed E-state index contributed by atoms with van der Waals surface area (Å²) < 4.78 is 27.7. The summed E-state index contributed by atoms with van der Waals surface area (Å²) in [6, 6.07) is 29.7. The number of unbranched alkanes of at least 4 members (excludes halogenated alkanes) is 1. The highest BCUT2D eigenvalue weighted by Crippen LogP contribution is 2.33. The third kappa shape index (κ3) is 7.67. The van der Waals surface area contributed by atoms with E-state index in [4.69, 9.17) is 23.7 Å². The van der Waals surface area contributed by atoms with Gasteiger partial charge in [0.15, 0.2) is 0 Å². The van der Waals surface area contributed by atoms with Gasteiger partial charge < -0.3 is 28.7 Å². The number of methoxy groups -OCH3 is 1. The lowest BCUT2D eigenvalue weighted by Crippen LogP contribution is -2.09. The highest BCUT2D eigenvalue weighted by molar-refractivity contribution is 6.09. The standard InChI is InChI=1S/C35H39NO5/c1-3-4-17-38-20-22-40-30-11-5-26(6-12-30)28-9-15-34-32(24-28)33-25-29(10-16-35(33)36-34)27-7-13-31(14-8-27)41-23-21-39-19-18-37-2/h5-16,24-25,36H,3-4,17-23H2,1-2H3. The molecule has 214 valence electrons. The number of H-pyrrole nitrogens is 1. The molecule has 0 fully saturated rings. The van der Waals surface area contributed by atoms with Crippen molar-refractivity contribution in [2.24, 2.45) is 0 Å². The smallest absolute Gasteiger partial charge is 0.119 e. The molecule has 0 aliphatic carbocycles. The Kier molecular flexibility index (Phi) is 10.3. The molecule has 4 aromatic carbocycles. The van der Waals surface area contributed by atoms with Crippen molar-refractivity contribution in [1.82, 2.24) is 4.98 Å². The van der Waals surface area contributed by atoms with Gasteiger partial charge in [0.05, 0.1) is 26.4 Å². The van der Waals surface area contributed by atoms with Crippen molar-refractivity contribution in [3.8, 4) is 33.8 Å². The maximum Gasteiger partial charge on any atom is 0.119 e. The van der Waals surface area contributed by atoms with E-state index in [-0.39, 0.29) is 0 Å². The Labute approximate surface area is 242 Å². The van der Waals surface area contributed by atoms with Gasteiger partial charge in [0.1, 0.15) is 24.7 Å². The van der Waals surface area contributed by atoms with Gasteiger partial charge in [-0.1, -0.05) is 49.7 Å². The third-order valence-electron chi connectivity index (χ3n) is 7.04. The number of fused-ring (bicyclic) bond motifs is 3. The summed E-state index contributed by atoms with van der Waals surface area (Å²) in [4.78, 5) is 3.56. The number of rotatable bonds is 16. The van der Waals surface area contributed by atoms with Crippen molar-refractivity contribution in [2.75, 3.05) is 53.4 Å². The first-order chi connectivity index (χ1) is 20.2. The highest BCUT2D eigenvalue weighted by Gasteiger charge is 2.09. The minimum atomic E-state index is 0.510. The molecule has 0 amide bonds. The van der Waals surface area contributed by atoms with Crippen LogP contribution in [0, 0.1) is 0 Å². The molecular formula is C35H39NO5. The summed E-state index contributed by atoms with van der Waals surface area (Å²) in [6.45, 7) is 6.35. The number of hydrogen-bond acceptors (Lipinski definition) is 5. The maximum atomic E-state index is 5.84. The third-order valence-corrected chi connectivity index (χ3v) is 7.04. The SMILES string of the molecule is CCCCOCCOc1ccc(-c2ccc3[nH]c4ccc(-c5ccc(OCCOCCOC)cc5)cc4c3c2)cc1. The largest absolute Gasteiger partial charge is 0.491 e. The van der Waals surface area contributed by atoms with E-state index in [0.29, 0.717) is 39.6 Å². The maximum absolute atomic E-state index is 5.84. The summed E-state index contributed by atoms with van der Waals surface area (Å²) in [5.41, 5.74) is 6.89. The Morgan fingerprint density at radius 1 is 0.512 bits per heavy atom. The first-order valence-corrected chi connectivity index (χ1v) is 14.4. The molecule has 0 unspecified atom stereocenters. The van der Waals surface area contributed by atoms with E-state index in [9.17, 15) is 0 Å². The van der Waals surface area contributed by atoms with E-state index >= 15 is 0 Å². The van der Waals surface area contributed by atoms with Gasteiger partial charge in [0, 0.05) is 35.5 Å². The van der Waals surface area contributed by atoms with Crippen LogP contribution in [0.15, 0.2) is 84.9 Å². The van der Waals surface area contributed by atoms with E-state index in [1.54, 1.807) is 7.11 Å². The number of hydrogen-bond donors (Lipinski definition) is 1. The Morgan fingerprint density at radius 3 is 1.46 bits per heavy atom. The van der Waals surface area contributed by atoms with Gasteiger partial charge in [-0.3, -0.25) is 0 Å². The van der Waals surface area contributed by atoms with Crippen molar-refractivity contribution in [1.29, 1.82) is 0 Å². The molecule has 1 heterocycles. The van der Waals surface area contributed by atoms with Crippen molar-refractivity contribution in [3.05, 3.63) is 84.9 Å². The van der Waals surface area contributed by atoms with E-state index in [0.717, 1.165) is 53.1 Å². The lowest BCUT2D eigenvalue weighted by Gasteiger charge is -2.09. The predicted molar refractivity (Wildman–Crippen MR) is 166 cm³/mol. The fourth-order valence-corrected chi connectivity index (χ4v) is 4.77. The molecule has 0 bridgehead atoms. The number of nitrogens with one attached hydrogen (secondary N) is 1. The minimum Gasteiger partial charge on any atom is -0.491 e. The average Bonchev–Trinajstić information content (AvgIpc) is 3.38. The summed E-state index contributed by atoms with van der Waals surface area (Å²) in [6.07, 6.45) is 2.23. The molecule has 6 nitrogen and oxygen atoms in total. The van der Waals surface area contributed by atoms with Gasteiger partial charge >= 0.3 is 0 Å². The fraction of sp³-hybridized carbons (Fsp3) is 0.314. The van der Waals surface area contributed by atoms with Crippen molar-refractivity contribution in [3.63, 3.8) is 0 Å². The van der Waals surface area contributed by atoms with Crippen LogP contribution in [0.2, 0.25) is 0 Å². The molecule has 1 N–H and O–H groups in total. The zero-order valence-electron chi connectivity index (χ0n) is 24.0. The molecule has 0 aliphatic rings. The van der Waals surface area contributed by atoms with Crippen molar-refractivity contribution < 1.29 is 23.7 Å². The molecular weight excluding hydrogens is 514 g/mol. The molecule has 41 heavy (non-hydrogen) atoms. The van der Waals surface area contributed by atoms with Crippen LogP contribution < -0.4 is 9.47 Å². The normalized spacial score (nSPS) is 11.4. The van der Waals surface area contributed by atoms with Crippen LogP contribution in [-0.4, -0.2) is 58.3 Å². The van der Waals surface area contributed by atoms with Crippen LogP contribution in [0.25, 0.3) is 44.1 Å². The van der Waals surface area contributed by atoms with E-state index < -0.39 is 0 Å². The van der Waals surface area contributed by atoms with Gasteiger partial charge in [0.25, 0.3) is 0 Å². The predicted octanol–water partition coefficient (Wildman–Crippen LogP) is 7.89. The van der Waals surface area contributed by atoms with Crippen molar-refractivity contribution >= 4 is 21.8 Å². The molecule has 6 heteroatoms. The quantitative estimate of drug-likeness (QED) is 0.126. The second-order valence-electron chi connectivity index (χ2n) is 9.96. The Bertz CT molecular complexity index is 1390. The van der Waals surface area contributed by atoms with Gasteiger partial charge in [-0.15, -0.1) is 0 Å². The van der Waals surface area contributed by atoms with E-state index in [1.807, 2.05) is 24.3 Å². The first kappa shape index (κ1) is 28.7. The molecule has 5 aromatic rings. The van der Waals surface area contributed by atoms with E-state index in [1.165, 1.54) is 21.9 Å². The van der Waals surface area contributed by atoms with Gasteiger partial charge in [-0.05, 0) is 77.2 Å². The second kappa shape index (κ2) is 14.7. The molecule has 5 rings (SSSR count). The second-order valence-corrected chi connectivity index (χ2v) is 9.96. The average molecular weight is 554 g/mol. The van der Waals surface area contributed by atoms with Crippen LogP contribution in [-0.2, 0) is 14.2 Å². The van der Waals surface area contributed by atoms with Gasteiger partial charge in [0.2, 0.25) is 0 Å². The Hall–Kier alpha value is -3.84. The summed E-state index contributed by atoms with van der Waals surface area (Å²) in [5, 5.41) is 2.41. The molecule has 0 atom stereocenters. The van der Waals surface area contributed by atoms with Crippen LogP contribution in [0.5, 0.6) is 11.5 Å². The summed E-state index contributed by atoms with van der Waals surface area (Å²) in [7, 11) is 1.67. The van der Waals surface area contributed by atoms with Crippen molar-refractivity contribution in [2.45, 2.75) is 19.8 Å². The first-order valence-electron chi connectivity index (χ1n) is 14.4. The van der Waals surface area contributed by atoms with Crippen LogP contribution in [0.1, 0.15) is 19.8 Å². The molecule has 0 aliphatic heterocycles. The molecule has 0 saturated carbocycles.